The number of halogens is 1. The zero-order valence-electron chi connectivity index (χ0n) is 14.7. The molecular weight excluding hydrogens is 376 g/mol. The second kappa shape index (κ2) is 8.53. The number of hydrogen-bond acceptors (Lipinski definition) is 4. The van der Waals surface area contributed by atoms with Gasteiger partial charge in [0.25, 0.3) is 5.91 Å². The van der Waals surface area contributed by atoms with Gasteiger partial charge in [-0.2, -0.15) is 0 Å². The van der Waals surface area contributed by atoms with E-state index in [9.17, 15) is 13.2 Å². The molecule has 0 fully saturated rings. The standard InChI is InChI=1S/C18H21ClN2O4S/c1-4-20-26(23,24)17-11-14(7-10-16(17)25-3)18(22)21-12(2)13-5-8-15(19)9-6-13/h5-12,20H,4H2,1-3H3,(H,21,22)/t12-/m1/s1. The van der Waals surface area contributed by atoms with Crippen LogP contribution in [-0.4, -0.2) is 28.0 Å². The molecular formula is C18H21ClN2O4S. The molecule has 0 aliphatic rings. The van der Waals surface area contributed by atoms with Crippen LogP contribution in [0.25, 0.3) is 0 Å². The minimum absolute atomic E-state index is 0.0753. The first kappa shape index (κ1) is 20.2. The molecule has 8 heteroatoms. The van der Waals surface area contributed by atoms with Crippen LogP contribution in [0.4, 0.5) is 0 Å². The molecule has 6 nitrogen and oxygen atoms in total. The zero-order valence-corrected chi connectivity index (χ0v) is 16.3. The molecule has 0 radical (unpaired) electrons. The van der Waals surface area contributed by atoms with Crippen LogP contribution in [0.1, 0.15) is 35.8 Å². The summed E-state index contributed by atoms with van der Waals surface area (Å²) in [6.45, 7) is 3.74. The van der Waals surface area contributed by atoms with Crippen LogP contribution < -0.4 is 14.8 Å². The van der Waals surface area contributed by atoms with Crippen molar-refractivity contribution in [2.24, 2.45) is 0 Å². The fraction of sp³-hybridized carbons (Fsp3) is 0.278. The maximum atomic E-state index is 12.5. The Kier molecular flexibility index (Phi) is 6.63. The molecule has 1 amide bonds. The van der Waals surface area contributed by atoms with Gasteiger partial charge in [-0.3, -0.25) is 4.79 Å². The summed E-state index contributed by atoms with van der Waals surface area (Å²) in [5, 5.41) is 3.45. The van der Waals surface area contributed by atoms with Gasteiger partial charge in [-0.1, -0.05) is 30.7 Å². The number of sulfonamides is 1. The number of benzene rings is 2. The monoisotopic (exact) mass is 396 g/mol. The highest BCUT2D eigenvalue weighted by Gasteiger charge is 2.21. The van der Waals surface area contributed by atoms with Crippen LogP contribution in [-0.2, 0) is 10.0 Å². The van der Waals surface area contributed by atoms with Crippen molar-refractivity contribution in [2.75, 3.05) is 13.7 Å². The molecule has 0 aromatic heterocycles. The largest absolute Gasteiger partial charge is 0.495 e. The molecule has 26 heavy (non-hydrogen) atoms. The molecule has 0 spiro atoms. The van der Waals surface area contributed by atoms with Crippen LogP contribution in [0.3, 0.4) is 0 Å². The summed E-state index contributed by atoms with van der Waals surface area (Å²) in [6, 6.07) is 11.2. The third-order valence-electron chi connectivity index (χ3n) is 3.77. The van der Waals surface area contributed by atoms with Gasteiger partial charge in [-0.25, -0.2) is 13.1 Å². The van der Waals surface area contributed by atoms with Crippen LogP contribution >= 0.6 is 11.6 Å². The first-order chi connectivity index (χ1) is 12.3. The minimum Gasteiger partial charge on any atom is -0.495 e. The Morgan fingerprint density at radius 1 is 1.19 bits per heavy atom. The fourth-order valence-corrected chi connectivity index (χ4v) is 3.77. The van der Waals surface area contributed by atoms with E-state index in [4.69, 9.17) is 16.3 Å². The summed E-state index contributed by atoms with van der Waals surface area (Å²) in [4.78, 5) is 12.5. The topological polar surface area (TPSA) is 84.5 Å². The van der Waals surface area contributed by atoms with E-state index in [0.29, 0.717) is 5.02 Å². The third-order valence-corrected chi connectivity index (χ3v) is 5.59. The number of methoxy groups -OCH3 is 1. The summed E-state index contributed by atoms with van der Waals surface area (Å²) in [5.74, 6) is -0.212. The first-order valence-corrected chi connectivity index (χ1v) is 9.88. The van der Waals surface area contributed by atoms with Crippen molar-refractivity contribution < 1.29 is 17.9 Å². The number of ether oxygens (including phenoxy) is 1. The van der Waals surface area contributed by atoms with Crippen LogP contribution in [0.5, 0.6) is 5.75 Å². The molecule has 0 aliphatic heterocycles. The highest BCUT2D eigenvalue weighted by atomic mass is 35.5. The van der Waals surface area contributed by atoms with E-state index in [1.165, 1.54) is 25.3 Å². The Labute approximate surface area is 158 Å². The van der Waals surface area contributed by atoms with Crippen molar-refractivity contribution in [3.63, 3.8) is 0 Å². The Bertz CT molecular complexity index is 883. The molecule has 0 saturated heterocycles. The molecule has 1 atom stereocenters. The van der Waals surface area contributed by atoms with E-state index in [1.807, 2.05) is 19.1 Å². The summed E-state index contributed by atoms with van der Waals surface area (Å²) < 4.78 is 32.2. The Morgan fingerprint density at radius 3 is 2.42 bits per heavy atom. The van der Waals surface area contributed by atoms with Gasteiger partial charge in [-0.15, -0.1) is 0 Å². The van der Waals surface area contributed by atoms with E-state index in [1.54, 1.807) is 19.1 Å². The highest BCUT2D eigenvalue weighted by Crippen LogP contribution is 2.25. The summed E-state index contributed by atoms with van der Waals surface area (Å²) in [5.41, 5.74) is 1.11. The number of amides is 1. The molecule has 0 unspecified atom stereocenters. The van der Waals surface area contributed by atoms with Gasteiger partial charge in [-0.05, 0) is 42.8 Å². The molecule has 0 heterocycles. The second-order valence-corrected chi connectivity index (χ2v) is 7.79. The fourth-order valence-electron chi connectivity index (χ4n) is 2.41. The van der Waals surface area contributed by atoms with Crippen molar-refractivity contribution >= 4 is 27.5 Å². The zero-order chi connectivity index (χ0) is 19.3. The number of hydrogen-bond donors (Lipinski definition) is 2. The number of nitrogens with one attached hydrogen (secondary N) is 2. The van der Waals surface area contributed by atoms with Gasteiger partial charge in [0.2, 0.25) is 10.0 Å². The smallest absolute Gasteiger partial charge is 0.251 e. The van der Waals surface area contributed by atoms with E-state index < -0.39 is 10.0 Å². The van der Waals surface area contributed by atoms with Gasteiger partial charge < -0.3 is 10.1 Å². The van der Waals surface area contributed by atoms with E-state index >= 15 is 0 Å². The lowest BCUT2D eigenvalue weighted by Crippen LogP contribution is -2.28. The highest BCUT2D eigenvalue weighted by molar-refractivity contribution is 7.89. The Morgan fingerprint density at radius 2 is 1.85 bits per heavy atom. The average Bonchev–Trinajstić information content (AvgIpc) is 2.61. The van der Waals surface area contributed by atoms with E-state index in [0.717, 1.165) is 5.56 Å². The lowest BCUT2D eigenvalue weighted by Gasteiger charge is -2.16. The van der Waals surface area contributed by atoms with Crippen molar-refractivity contribution in [3.05, 3.63) is 58.6 Å². The Balaban J connectivity index is 2.27. The van der Waals surface area contributed by atoms with Crippen LogP contribution in [0.2, 0.25) is 5.02 Å². The van der Waals surface area contributed by atoms with Crippen molar-refractivity contribution in [1.29, 1.82) is 0 Å². The van der Waals surface area contributed by atoms with Gasteiger partial charge in [0, 0.05) is 17.1 Å². The van der Waals surface area contributed by atoms with Crippen molar-refractivity contribution in [2.45, 2.75) is 24.8 Å². The molecule has 140 valence electrons. The lowest BCUT2D eigenvalue weighted by atomic mass is 10.1. The number of rotatable bonds is 7. The van der Waals surface area contributed by atoms with E-state index in [-0.39, 0.29) is 34.7 Å². The van der Waals surface area contributed by atoms with E-state index in [2.05, 4.69) is 10.0 Å². The van der Waals surface area contributed by atoms with Crippen molar-refractivity contribution in [1.82, 2.24) is 10.0 Å². The maximum Gasteiger partial charge on any atom is 0.251 e. The van der Waals surface area contributed by atoms with Crippen molar-refractivity contribution in [3.8, 4) is 5.75 Å². The van der Waals surface area contributed by atoms with Gasteiger partial charge in [0.15, 0.2) is 0 Å². The molecule has 2 aromatic rings. The van der Waals surface area contributed by atoms with Crippen LogP contribution in [0.15, 0.2) is 47.4 Å². The predicted molar refractivity (Wildman–Crippen MR) is 101 cm³/mol. The second-order valence-electron chi connectivity index (χ2n) is 5.61. The summed E-state index contributed by atoms with van der Waals surface area (Å²) in [7, 11) is -2.39. The SMILES string of the molecule is CCNS(=O)(=O)c1cc(C(=O)N[C@H](C)c2ccc(Cl)cc2)ccc1OC. The quantitative estimate of drug-likeness (QED) is 0.753. The molecule has 2 rings (SSSR count). The maximum absolute atomic E-state index is 12.5. The van der Waals surface area contributed by atoms with Gasteiger partial charge in [0.05, 0.1) is 13.2 Å². The average molecular weight is 397 g/mol. The van der Waals surface area contributed by atoms with Gasteiger partial charge in [0.1, 0.15) is 10.6 Å². The lowest BCUT2D eigenvalue weighted by molar-refractivity contribution is 0.0939. The Hall–Kier alpha value is -2.09. The molecule has 2 aromatic carbocycles. The summed E-state index contributed by atoms with van der Waals surface area (Å²) >= 11 is 5.87. The summed E-state index contributed by atoms with van der Waals surface area (Å²) in [6.07, 6.45) is 0. The minimum atomic E-state index is -3.76. The third kappa shape index (κ3) is 4.75. The van der Waals surface area contributed by atoms with Crippen LogP contribution in [0, 0.1) is 0 Å². The predicted octanol–water partition coefficient (Wildman–Crippen LogP) is 3.14. The molecule has 0 bridgehead atoms. The molecule has 2 N–H and O–H groups in total. The van der Waals surface area contributed by atoms with Gasteiger partial charge >= 0.3 is 0 Å². The number of carbonyl (C=O) groups is 1. The molecule has 0 saturated carbocycles. The molecule has 0 aliphatic carbocycles. The first-order valence-electron chi connectivity index (χ1n) is 8.02. The number of carbonyl (C=O) groups excluding carboxylic acids is 1. The normalized spacial score (nSPS) is 12.5.